The maximum absolute atomic E-state index is 5.92. The average molecular weight is 215 g/mol. The quantitative estimate of drug-likeness (QED) is 0.779. The summed E-state index contributed by atoms with van der Waals surface area (Å²) in [6.07, 6.45) is 1.72. The van der Waals surface area contributed by atoms with Gasteiger partial charge in [0.25, 0.3) is 0 Å². The van der Waals surface area contributed by atoms with Gasteiger partial charge in [-0.05, 0) is 25.1 Å². The van der Waals surface area contributed by atoms with Crippen molar-refractivity contribution < 1.29 is 4.74 Å². The molecule has 0 fully saturated rings. The number of nitrogens with zero attached hydrogens (tertiary/aromatic N) is 2. The van der Waals surface area contributed by atoms with E-state index in [0.717, 1.165) is 17.0 Å². The van der Waals surface area contributed by atoms with Gasteiger partial charge >= 0.3 is 0 Å². The summed E-state index contributed by atoms with van der Waals surface area (Å²) in [6, 6.07) is 7.32. The van der Waals surface area contributed by atoms with E-state index >= 15 is 0 Å². The molecule has 0 aliphatic carbocycles. The van der Waals surface area contributed by atoms with Gasteiger partial charge < -0.3 is 10.5 Å². The molecule has 0 saturated heterocycles. The minimum Gasteiger partial charge on any atom is -0.497 e. The van der Waals surface area contributed by atoms with Gasteiger partial charge in [0.2, 0.25) is 0 Å². The Bertz CT molecular complexity index is 511. The van der Waals surface area contributed by atoms with E-state index in [9.17, 15) is 0 Å². The van der Waals surface area contributed by atoms with Crippen LogP contribution in [0.4, 0.5) is 5.69 Å². The number of nitrogen functional groups attached to an aromatic ring is 1. The van der Waals surface area contributed by atoms with Crippen LogP contribution in [-0.4, -0.2) is 17.1 Å². The predicted octanol–water partition coefficient (Wildman–Crippen LogP) is 2.04. The zero-order chi connectivity index (χ0) is 11.5. The second-order valence-electron chi connectivity index (χ2n) is 3.47. The smallest absolute Gasteiger partial charge is 0.161 e. The lowest BCUT2D eigenvalue weighted by molar-refractivity contribution is 0.415. The Morgan fingerprint density at radius 1 is 1.25 bits per heavy atom. The van der Waals surface area contributed by atoms with Gasteiger partial charge in [-0.25, -0.2) is 9.97 Å². The number of hydrogen-bond donors (Lipinski definition) is 1. The van der Waals surface area contributed by atoms with E-state index in [1.807, 2.05) is 25.1 Å². The fourth-order valence-corrected chi connectivity index (χ4v) is 1.45. The molecule has 2 aromatic rings. The number of nitrogens with two attached hydrogens (primary N) is 1. The van der Waals surface area contributed by atoms with Crippen molar-refractivity contribution in [3.05, 3.63) is 36.2 Å². The van der Waals surface area contributed by atoms with Gasteiger partial charge in [0, 0.05) is 29.2 Å². The molecule has 0 atom stereocenters. The summed E-state index contributed by atoms with van der Waals surface area (Å²) in [6.45, 7) is 1.92. The Kier molecular flexibility index (Phi) is 2.72. The third-order valence-corrected chi connectivity index (χ3v) is 2.29. The van der Waals surface area contributed by atoms with E-state index < -0.39 is 0 Å². The number of ether oxygens (including phenoxy) is 1. The summed E-state index contributed by atoms with van der Waals surface area (Å²) in [5.41, 5.74) is 8.28. The van der Waals surface area contributed by atoms with E-state index in [1.54, 1.807) is 19.4 Å². The van der Waals surface area contributed by atoms with E-state index in [-0.39, 0.29) is 0 Å². The molecule has 82 valence electrons. The number of rotatable bonds is 2. The maximum atomic E-state index is 5.92. The van der Waals surface area contributed by atoms with Gasteiger partial charge in [0.1, 0.15) is 5.75 Å². The van der Waals surface area contributed by atoms with Gasteiger partial charge in [0.15, 0.2) is 5.82 Å². The lowest BCUT2D eigenvalue weighted by atomic mass is 10.1. The van der Waals surface area contributed by atoms with E-state index in [1.165, 1.54) is 0 Å². The Hall–Kier alpha value is -2.10. The van der Waals surface area contributed by atoms with Crippen molar-refractivity contribution in [2.75, 3.05) is 12.8 Å². The highest BCUT2D eigenvalue weighted by atomic mass is 16.5. The third kappa shape index (κ3) is 1.95. The Morgan fingerprint density at radius 2 is 2.06 bits per heavy atom. The Morgan fingerprint density at radius 3 is 2.69 bits per heavy atom. The molecule has 16 heavy (non-hydrogen) atoms. The molecular weight excluding hydrogens is 202 g/mol. The number of hydrogen-bond acceptors (Lipinski definition) is 4. The first-order chi connectivity index (χ1) is 7.70. The van der Waals surface area contributed by atoms with Crippen molar-refractivity contribution >= 4 is 5.69 Å². The van der Waals surface area contributed by atoms with Crippen molar-refractivity contribution in [1.82, 2.24) is 9.97 Å². The molecule has 2 rings (SSSR count). The van der Waals surface area contributed by atoms with E-state index in [2.05, 4.69) is 9.97 Å². The van der Waals surface area contributed by atoms with Gasteiger partial charge in [-0.3, -0.25) is 0 Å². The molecule has 1 aromatic carbocycles. The molecule has 0 bridgehead atoms. The van der Waals surface area contributed by atoms with Crippen LogP contribution in [-0.2, 0) is 0 Å². The van der Waals surface area contributed by atoms with E-state index in [0.29, 0.717) is 11.5 Å². The number of aryl methyl sites for hydroxylation is 1. The summed E-state index contributed by atoms with van der Waals surface area (Å²) in [5.74, 6) is 1.37. The average Bonchev–Trinajstić information content (AvgIpc) is 2.28. The van der Waals surface area contributed by atoms with Crippen LogP contribution < -0.4 is 10.5 Å². The predicted molar refractivity (Wildman–Crippen MR) is 63.2 cm³/mol. The normalized spacial score (nSPS) is 10.1. The molecule has 0 aliphatic heterocycles. The molecule has 0 amide bonds. The fourth-order valence-electron chi connectivity index (χ4n) is 1.45. The molecule has 0 unspecified atom stereocenters. The van der Waals surface area contributed by atoms with Crippen molar-refractivity contribution in [2.45, 2.75) is 6.92 Å². The first kappa shape index (κ1) is 10.4. The van der Waals surface area contributed by atoms with Crippen molar-refractivity contribution in [1.29, 1.82) is 0 Å². The Labute approximate surface area is 94.1 Å². The molecule has 1 aromatic heterocycles. The van der Waals surface area contributed by atoms with Crippen LogP contribution in [0.25, 0.3) is 11.4 Å². The standard InChI is InChI=1S/C12H13N3O/c1-8-5-6-14-12(15-8)10-4-3-9(16-2)7-11(10)13/h3-7H,13H2,1-2H3. The molecule has 4 nitrogen and oxygen atoms in total. The summed E-state index contributed by atoms with van der Waals surface area (Å²) in [4.78, 5) is 8.52. The van der Waals surface area contributed by atoms with Crippen LogP contribution >= 0.6 is 0 Å². The van der Waals surface area contributed by atoms with Crippen LogP contribution in [0.2, 0.25) is 0 Å². The van der Waals surface area contributed by atoms with Gasteiger partial charge in [-0.15, -0.1) is 0 Å². The first-order valence-corrected chi connectivity index (χ1v) is 4.94. The highest BCUT2D eigenvalue weighted by molar-refractivity contribution is 5.72. The van der Waals surface area contributed by atoms with Crippen molar-refractivity contribution in [3.8, 4) is 17.1 Å². The first-order valence-electron chi connectivity index (χ1n) is 4.94. The zero-order valence-corrected chi connectivity index (χ0v) is 9.27. The van der Waals surface area contributed by atoms with Crippen LogP contribution in [0.1, 0.15) is 5.69 Å². The molecule has 4 heteroatoms. The second-order valence-corrected chi connectivity index (χ2v) is 3.47. The van der Waals surface area contributed by atoms with Crippen LogP contribution in [0.15, 0.2) is 30.5 Å². The topological polar surface area (TPSA) is 61.0 Å². The summed E-state index contributed by atoms with van der Waals surface area (Å²) < 4.78 is 5.09. The molecule has 2 N–H and O–H groups in total. The molecule has 0 saturated carbocycles. The number of aromatic nitrogens is 2. The lowest BCUT2D eigenvalue weighted by Crippen LogP contribution is -1.96. The molecular formula is C12H13N3O. The van der Waals surface area contributed by atoms with Crippen molar-refractivity contribution in [2.24, 2.45) is 0 Å². The van der Waals surface area contributed by atoms with Gasteiger partial charge in [-0.1, -0.05) is 0 Å². The van der Waals surface area contributed by atoms with Crippen LogP contribution in [0, 0.1) is 6.92 Å². The van der Waals surface area contributed by atoms with E-state index in [4.69, 9.17) is 10.5 Å². The molecule has 0 radical (unpaired) electrons. The highest BCUT2D eigenvalue weighted by Crippen LogP contribution is 2.26. The third-order valence-electron chi connectivity index (χ3n) is 2.29. The highest BCUT2D eigenvalue weighted by Gasteiger charge is 2.06. The number of benzene rings is 1. The minimum atomic E-state index is 0.616. The zero-order valence-electron chi connectivity index (χ0n) is 9.27. The SMILES string of the molecule is COc1ccc(-c2nccc(C)n2)c(N)c1. The van der Waals surface area contributed by atoms with Gasteiger partial charge in [0.05, 0.1) is 7.11 Å². The summed E-state index contributed by atoms with van der Waals surface area (Å²) in [5, 5.41) is 0. The van der Waals surface area contributed by atoms with Crippen LogP contribution in [0.3, 0.4) is 0 Å². The monoisotopic (exact) mass is 215 g/mol. The maximum Gasteiger partial charge on any atom is 0.161 e. The second kappa shape index (κ2) is 4.18. The lowest BCUT2D eigenvalue weighted by Gasteiger charge is -2.06. The number of anilines is 1. The number of methoxy groups -OCH3 is 1. The molecule has 0 aliphatic rings. The van der Waals surface area contributed by atoms with Gasteiger partial charge in [-0.2, -0.15) is 0 Å². The largest absolute Gasteiger partial charge is 0.497 e. The van der Waals surface area contributed by atoms with Crippen LogP contribution in [0.5, 0.6) is 5.75 Å². The summed E-state index contributed by atoms with van der Waals surface area (Å²) in [7, 11) is 1.61. The van der Waals surface area contributed by atoms with Crippen molar-refractivity contribution in [3.63, 3.8) is 0 Å². The summed E-state index contributed by atoms with van der Waals surface area (Å²) >= 11 is 0. The minimum absolute atomic E-state index is 0.616. The Balaban J connectivity index is 2.48. The molecule has 0 spiro atoms. The fraction of sp³-hybridized carbons (Fsp3) is 0.167. The molecule has 1 heterocycles.